The molecule has 0 aromatic heterocycles. The molecule has 0 aliphatic carbocycles. The Hall–Kier alpha value is -4.39. The van der Waals surface area contributed by atoms with Crippen molar-refractivity contribution in [2.24, 2.45) is 0 Å². The van der Waals surface area contributed by atoms with Gasteiger partial charge in [-0.25, -0.2) is 0 Å². The van der Waals surface area contributed by atoms with E-state index in [1.807, 2.05) is 44.2 Å². The third-order valence-electron chi connectivity index (χ3n) is 6.13. The number of hydrogen-bond acceptors (Lipinski definition) is 6. The molecular weight excluding hydrogens is 470 g/mol. The molecular formula is C30H29NO6. The second-order valence-electron chi connectivity index (χ2n) is 8.91. The van der Waals surface area contributed by atoms with Gasteiger partial charge in [0.05, 0.1) is 11.6 Å². The lowest BCUT2D eigenvalue weighted by molar-refractivity contribution is -0.139. The van der Waals surface area contributed by atoms with Crippen molar-refractivity contribution in [3.05, 3.63) is 101 Å². The summed E-state index contributed by atoms with van der Waals surface area (Å²) >= 11 is 0. The number of likely N-dealkylation sites (tertiary alicyclic amines) is 1. The van der Waals surface area contributed by atoms with E-state index in [-0.39, 0.29) is 11.3 Å². The molecule has 37 heavy (non-hydrogen) atoms. The molecule has 1 saturated heterocycles. The maximum atomic E-state index is 13.1. The Morgan fingerprint density at radius 3 is 2.43 bits per heavy atom. The first-order chi connectivity index (χ1) is 17.8. The summed E-state index contributed by atoms with van der Waals surface area (Å²) in [6.45, 7) is 5.78. The number of nitrogens with zero attached hydrogens (tertiary/aromatic N) is 1. The van der Waals surface area contributed by atoms with Crippen molar-refractivity contribution in [2.75, 3.05) is 6.54 Å². The molecule has 190 valence electrons. The van der Waals surface area contributed by atoms with Gasteiger partial charge in [-0.05, 0) is 60.4 Å². The van der Waals surface area contributed by atoms with E-state index in [4.69, 9.17) is 9.47 Å². The smallest absolute Gasteiger partial charge is 0.308 e. The Labute approximate surface area is 215 Å². The molecule has 1 aliphatic heterocycles. The molecule has 1 heterocycles. The number of aliphatic hydroxyl groups excluding tert-OH is 1. The predicted octanol–water partition coefficient (Wildman–Crippen LogP) is 5.33. The summed E-state index contributed by atoms with van der Waals surface area (Å²) < 4.78 is 11.1. The highest BCUT2D eigenvalue weighted by Gasteiger charge is 2.45. The van der Waals surface area contributed by atoms with E-state index in [2.05, 4.69) is 0 Å². The summed E-state index contributed by atoms with van der Waals surface area (Å²) in [7, 11) is 0. The first kappa shape index (κ1) is 25.7. The van der Waals surface area contributed by atoms with Crippen LogP contribution in [0.1, 0.15) is 48.6 Å². The zero-order chi connectivity index (χ0) is 26.5. The van der Waals surface area contributed by atoms with E-state index in [1.165, 1.54) is 11.8 Å². The summed E-state index contributed by atoms with van der Waals surface area (Å²) in [5, 5.41) is 11.3. The number of Topliss-reactive ketones (excluding diaryl/α,β-unsaturated/α-hetero) is 1. The highest BCUT2D eigenvalue weighted by atomic mass is 16.5. The SMILES string of the molecule is CCCN1C(=O)C(=O)/C(=C(/O)c2ccc(OCc3ccccc3)c(C)c2)C1c1cccc(OC(C)=O)c1. The number of benzene rings is 3. The van der Waals surface area contributed by atoms with E-state index in [0.717, 1.165) is 11.1 Å². The first-order valence-corrected chi connectivity index (χ1v) is 12.1. The lowest BCUT2D eigenvalue weighted by Gasteiger charge is -2.25. The number of amides is 1. The first-order valence-electron chi connectivity index (χ1n) is 12.1. The lowest BCUT2D eigenvalue weighted by Crippen LogP contribution is -2.30. The number of aliphatic hydroxyl groups is 1. The van der Waals surface area contributed by atoms with E-state index < -0.39 is 23.7 Å². The molecule has 0 radical (unpaired) electrons. The van der Waals surface area contributed by atoms with Crippen LogP contribution in [0.3, 0.4) is 0 Å². The van der Waals surface area contributed by atoms with E-state index in [1.54, 1.807) is 42.5 Å². The van der Waals surface area contributed by atoms with Gasteiger partial charge in [-0.2, -0.15) is 0 Å². The van der Waals surface area contributed by atoms with Crippen LogP contribution < -0.4 is 9.47 Å². The Kier molecular flexibility index (Phi) is 7.72. The van der Waals surface area contributed by atoms with Crippen LogP contribution in [-0.4, -0.2) is 34.2 Å². The van der Waals surface area contributed by atoms with Gasteiger partial charge in [0.1, 0.15) is 23.9 Å². The Morgan fingerprint density at radius 2 is 1.76 bits per heavy atom. The van der Waals surface area contributed by atoms with Gasteiger partial charge in [0.2, 0.25) is 0 Å². The van der Waals surface area contributed by atoms with Crippen LogP contribution in [0.4, 0.5) is 0 Å². The number of aryl methyl sites for hydroxylation is 1. The minimum absolute atomic E-state index is 0.00391. The fourth-order valence-corrected chi connectivity index (χ4v) is 4.46. The summed E-state index contributed by atoms with van der Waals surface area (Å²) in [4.78, 5) is 39.0. The number of ether oxygens (including phenoxy) is 2. The molecule has 0 bridgehead atoms. The standard InChI is InChI=1S/C30H29NO6/c1-4-15-31-27(22-11-8-12-24(17-22)37-20(3)32)26(29(34)30(31)35)28(33)23-13-14-25(19(2)16-23)36-18-21-9-6-5-7-10-21/h5-14,16-17,27,33H,4,15,18H2,1-3H3/b28-26+. The number of hydrogen-bond donors (Lipinski definition) is 1. The molecule has 1 amide bonds. The molecule has 0 spiro atoms. The average molecular weight is 500 g/mol. The van der Waals surface area contributed by atoms with Crippen LogP contribution in [-0.2, 0) is 21.0 Å². The number of carbonyl (C=O) groups is 3. The fourth-order valence-electron chi connectivity index (χ4n) is 4.46. The molecule has 1 aliphatic rings. The highest BCUT2D eigenvalue weighted by Crippen LogP contribution is 2.40. The lowest BCUT2D eigenvalue weighted by atomic mass is 9.94. The molecule has 3 aromatic carbocycles. The molecule has 1 fully saturated rings. The van der Waals surface area contributed by atoms with Crippen molar-refractivity contribution in [1.29, 1.82) is 0 Å². The van der Waals surface area contributed by atoms with Crippen molar-refractivity contribution >= 4 is 23.4 Å². The number of ketones is 1. The van der Waals surface area contributed by atoms with E-state index >= 15 is 0 Å². The zero-order valence-corrected chi connectivity index (χ0v) is 21.1. The van der Waals surface area contributed by atoms with Crippen molar-refractivity contribution in [3.63, 3.8) is 0 Å². The Balaban J connectivity index is 1.71. The van der Waals surface area contributed by atoms with Gasteiger partial charge in [-0.3, -0.25) is 14.4 Å². The summed E-state index contributed by atoms with van der Waals surface area (Å²) in [6.07, 6.45) is 0.625. The molecule has 7 heteroatoms. The molecule has 7 nitrogen and oxygen atoms in total. The topological polar surface area (TPSA) is 93.1 Å². The normalized spacial score (nSPS) is 16.6. The van der Waals surface area contributed by atoms with Crippen LogP contribution in [0.25, 0.3) is 5.76 Å². The minimum atomic E-state index is -0.815. The summed E-state index contributed by atoms with van der Waals surface area (Å²) in [5.41, 5.74) is 2.76. The van der Waals surface area contributed by atoms with Gasteiger partial charge < -0.3 is 19.5 Å². The van der Waals surface area contributed by atoms with Crippen molar-refractivity contribution < 1.29 is 29.0 Å². The maximum Gasteiger partial charge on any atom is 0.308 e. The fraction of sp³-hybridized carbons (Fsp3) is 0.233. The van der Waals surface area contributed by atoms with Crippen molar-refractivity contribution in [3.8, 4) is 11.5 Å². The molecule has 1 atom stereocenters. The van der Waals surface area contributed by atoms with Gasteiger partial charge in [0.25, 0.3) is 11.7 Å². The van der Waals surface area contributed by atoms with Crippen molar-refractivity contribution in [1.82, 2.24) is 4.90 Å². The number of carbonyl (C=O) groups excluding carboxylic acids is 3. The Morgan fingerprint density at radius 1 is 1.00 bits per heavy atom. The predicted molar refractivity (Wildman–Crippen MR) is 139 cm³/mol. The summed E-state index contributed by atoms with van der Waals surface area (Å²) in [6, 6.07) is 20.8. The Bertz CT molecular complexity index is 1360. The van der Waals surface area contributed by atoms with Crippen LogP contribution in [0, 0.1) is 6.92 Å². The third kappa shape index (κ3) is 5.56. The monoisotopic (exact) mass is 499 g/mol. The molecule has 1 N–H and O–H groups in total. The van der Waals surface area contributed by atoms with Crippen molar-refractivity contribution in [2.45, 2.75) is 39.8 Å². The van der Waals surface area contributed by atoms with Gasteiger partial charge in [0.15, 0.2) is 0 Å². The maximum absolute atomic E-state index is 13.1. The van der Waals surface area contributed by atoms with Gasteiger partial charge in [-0.1, -0.05) is 49.4 Å². The molecule has 4 rings (SSSR count). The largest absolute Gasteiger partial charge is 0.507 e. The second kappa shape index (κ2) is 11.1. The van der Waals surface area contributed by atoms with Gasteiger partial charge in [-0.15, -0.1) is 0 Å². The molecule has 0 saturated carbocycles. The average Bonchev–Trinajstić information content (AvgIpc) is 3.13. The van der Waals surface area contributed by atoms with Crippen LogP contribution in [0.5, 0.6) is 11.5 Å². The second-order valence-corrected chi connectivity index (χ2v) is 8.91. The third-order valence-corrected chi connectivity index (χ3v) is 6.13. The summed E-state index contributed by atoms with van der Waals surface area (Å²) in [5.74, 6) is -1.23. The minimum Gasteiger partial charge on any atom is -0.507 e. The van der Waals surface area contributed by atoms with Crippen LogP contribution in [0.2, 0.25) is 0 Å². The highest BCUT2D eigenvalue weighted by molar-refractivity contribution is 6.46. The van der Waals surface area contributed by atoms with Gasteiger partial charge in [0, 0.05) is 19.0 Å². The quantitative estimate of drug-likeness (QED) is 0.148. The number of esters is 1. The van der Waals surface area contributed by atoms with Crippen LogP contribution >= 0.6 is 0 Å². The zero-order valence-electron chi connectivity index (χ0n) is 21.1. The molecule has 1 unspecified atom stereocenters. The van der Waals surface area contributed by atoms with E-state index in [0.29, 0.717) is 42.2 Å². The number of rotatable bonds is 8. The van der Waals surface area contributed by atoms with Gasteiger partial charge >= 0.3 is 5.97 Å². The van der Waals surface area contributed by atoms with E-state index in [9.17, 15) is 19.5 Å². The van der Waals surface area contributed by atoms with Crippen LogP contribution in [0.15, 0.2) is 78.4 Å². The molecule has 3 aromatic rings.